The summed E-state index contributed by atoms with van der Waals surface area (Å²) in [5.41, 5.74) is -0.130. The maximum atomic E-state index is 12.4. The zero-order chi connectivity index (χ0) is 22.9. The highest BCUT2D eigenvalue weighted by atomic mass is 19.4. The number of hydrogen-bond acceptors (Lipinski definition) is 6. The first-order valence-electron chi connectivity index (χ1n) is 8.96. The van der Waals surface area contributed by atoms with E-state index >= 15 is 0 Å². The Morgan fingerprint density at radius 3 is 2.17 bits per heavy atom. The Morgan fingerprint density at radius 1 is 1.07 bits per heavy atom. The zero-order valence-electron chi connectivity index (χ0n) is 17.1. The molecule has 8 nitrogen and oxygen atoms in total. The second-order valence-electron chi connectivity index (χ2n) is 7.17. The first kappa shape index (κ1) is 25.1. The van der Waals surface area contributed by atoms with Gasteiger partial charge in [-0.3, -0.25) is 4.79 Å². The minimum Gasteiger partial charge on any atom is -0.492 e. The number of alkyl carbamates (subject to hydrolysis) is 1. The van der Waals surface area contributed by atoms with Gasteiger partial charge in [0.2, 0.25) is 0 Å². The molecular formula is C19H25F3N2O6. The summed E-state index contributed by atoms with van der Waals surface area (Å²) in [7, 11) is 1.01. The van der Waals surface area contributed by atoms with E-state index in [-0.39, 0.29) is 19.6 Å². The molecule has 0 unspecified atom stereocenters. The van der Waals surface area contributed by atoms with Crippen molar-refractivity contribution in [3.8, 4) is 5.75 Å². The Morgan fingerprint density at radius 2 is 1.67 bits per heavy atom. The van der Waals surface area contributed by atoms with Gasteiger partial charge in [0.1, 0.15) is 24.0 Å². The van der Waals surface area contributed by atoms with E-state index in [1.54, 1.807) is 38.2 Å². The number of nitrogens with one attached hydrogen (secondary N) is 2. The van der Waals surface area contributed by atoms with Crippen molar-refractivity contribution in [2.45, 2.75) is 45.0 Å². The quantitative estimate of drug-likeness (QED) is 0.481. The van der Waals surface area contributed by atoms with Crippen LogP contribution in [0.2, 0.25) is 0 Å². The molecule has 0 aliphatic carbocycles. The van der Waals surface area contributed by atoms with E-state index < -0.39 is 35.8 Å². The van der Waals surface area contributed by atoms with Gasteiger partial charge in [0.15, 0.2) is 0 Å². The Labute approximate surface area is 172 Å². The lowest BCUT2D eigenvalue weighted by atomic mass is 10.1. The number of benzene rings is 1. The van der Waals surface area contributed by atoms with Crippen LogP contribution >= 0.6 is 0 Å². The smallest absolute Gasteiger partial charge is 0.471 e. The third-order valence-electron chi connectivity index (χ3n) is 3.45. The van der Waals surface area contributed by atoms with Gasteiger partial charge in [-0.25, -0.2) is 9.59 Å². The van der Waals surface area contributed by atoms with Gasteiger partial charge in [0.05, 0.1) is 13.7 Å². The standard InChI is InChI=1S/C19H25F3N2O6/c1-18(2,3)30-17(27)23-9-10-29-13-7-5-12(6-8-13)11-14(15(25)28-4)24-16(26)19(20,21)22/h5-8,14H,9-11H2,1-4H3,(H,23,27)(H,24,26)/t14-/m0/s1. The van der Waals surface area contributed by atoms with E-state index in [9.17, 15) is 27.6 Å². The van der Waals surface area contributed by atoms with Crippen molar-refractivity contribution in [3.63, 3.8) is 0 Å². The first-order valence-corrected chi connectivity index (χ1v) is 8.96. The molecule has 0 saturated heterocycles. The van der Waals surface area contributed by atoms with Crippen molar-refractivity contribution in [2.75, 3.05) is 20.3 Å². The molecule has 1 aromatic rings. The fourth-order valence-electron chi connectivity index (χ4n) is 2.17. The fourth-order valence-corrected chi connectivity index (χ4v) is 2.17. The minimum atomic E-state index is -5.11. The van der Waals surface area contributed by atoms with Crippen LogP contribution in [0.25, 0.3) is 0 Å². The maximum absolute atomic E-state index is 12.4. The molecule has 0 fully saturated rings. The molecule has 0 bridgehead atoms. The van der Waals surface area contributed by atoms with Crippen molar-refractivity contribution in [2.24, 2.45) is 0 Å². The molecule has 1 aromatic carbocycles. The Kier molecular flexibility index (Phi) is 8.94. The topological polar surface area (TPSA) is 103 Å². The fraction of sp³-hybridized carbons (Fsp3) is 0.526. The first-order chi connectivity index (χ1) is 13.8. The van der Waals surface area contributed by atoms with E-state index in [4.69, 9.17) is 9.47 Å². The highest BCUT2D eigenvalue weighted by Gasteiger charge is 2.41. The summed E-state index contributed by atoms with van der Waals surface area (Å²) in [5, 5.41) is 4.14. The maximum Gasteiger partial charge on any atom is 0.471 e. The van der Waals surface area contributed by atoms with Crippen LogP contribution in [-0.2, 0) is 25.5 Å². The van der Waals surface area contributed by atoms with E-state index in [1.807, 2.05) is 0 Å². The Hall–Kier alpha value is -2.98. The highest BCUT2D eigenvalue weighted by molar-refractivity contribution is 5.87. The van der Waals surface area contributed by atoms with Gasteiger partial charge in [0, 0.05) is 6.42 Å². The molecule has 0 aliphatic rings. The third kappa shape index (κ3) is 9.48. The largest absolute Gasteiger partial charge is 0.492 e. The summed E-state index contributed by atoms with van der Waals surface area (Å²) < 4.78 is 52.3. The monoisotopic (exact) mass is 434 g/mol. The van der Waals surface area contributed by atoms with Crippen LogP contribution in [-0.4, -0.2) is 56.1 Å². The van der Waals surface area contributed by atoms with E-state index in [0.717, 1.165) is 7.11 Å². The molecule has 168 valence electrons. The number of esters is 1. The number of ether oxygens (including phenoxy) is 3. The molecule has 2 N–H and O–H groups in total. The van der Waals surface area contributed by atoms with Gasteiger partial charge >= 0.3 is 24.1 Å². The SMILES string of the molecule is COC(=O)[C@H](Cc1ccc(OCCNC(=O)OC(C)(C)C)cc1)NC(=O)C(F)(F)F. The summed E-state index contributed by atoms with van der Waals surface area (Å²) in [6.45, 7) is 5.58. The lowest BCUT2D eigenvalue weighted by Gasteiger charge is -2.19. The van der Waals surface area contributed by atoms with Crippen LogP contribution in [0, 0.1) is 0 Å². The van der Waals surface area contributed by atoms with E-state index in [1.165, 1.54) is 12.1 Å². The van der Waals surface area contributed by atoms with Crippen molar-refractivity contribution >= 4 is 18.0 Å². The summed E-state index contributed by atoms with van der Waals surface area (Å²) in [5.74, 6) is -2.78. The van der Waals surface area contributed by atoms with Crippen LogP contribution in [0.1, 0.15) is 26.3 Å². The molecule has 0 saturated carbocycles. The molecule has 0 radical (unpaired) electrons. The summed E-state index contributed by atoms with van der Waals surface area (Å²) >= 11 is 0. The number of alkyl halides is 3. The number of halogens is 3. The van der Waals surface area contributed by atoms with Gasteiger partial charge in [-0.2, -0.15) is 13.2 Å². The molecule has 30 heavy (non-hydrogen) atoms. The lowest BCUT2D eigenvalue weighted by Crippen LogP contribution is -2.48. The second-order valence-corrected chi connectivity index (χ2v) is 7.17. The van der Waals surface area contributed by atoms with Crippen LogP contribution < -0.4 is 15.4 Å². The molecule has 0 heterocycles. The number of carbonyl (C=O) groups is 3. The predicted octanol–water partition coefficient (Wildman–Crippen LogP) is 2.35. The van der Waals surface area contributed by atoms with Crippen LogP contribution in [0.4, 0.5) is 18.0 Å². The number of rotatable bonds is 8. The van der Waals surface area contributed by atoms with Crippen molar-refractivity contribution in [3.05, 3.63) is 29.8 Å². The average molecular weight is 434 g/mol. The number of amides is 2. The number of methoxy groups -OCH3 is 1. The van der Waals surface area contributed by atoms with Gasteiger partial charge in [-0.05, 0) is 38.5 Å². The zero-order valence-corrected chi connectivity index (χ0v) is 17.1. The van der Waals surface area contributed by atoms with Crippen LogP contribution in [0.3, 0.4) is 0 Å². The molecule has 0 aliphatic heterocycles. The van der Waals surface area contributed by atoms with Gasteiger partial charge in [-0.15, -0.1) is 0 Å². The van der Waals surface area contributed by atoms with Crippen LogP contribution in [0.15, 0.2) is 24.3 Å². The third-order valence-corrected chi connectivity index (χ3v) is 3.45. The summed E-state index contributed by atoms with van der Waals surface area (Å²) in [6, 6.07) is 4.67. The van der Waals surface area contributed by atoms with Crippen molar-refractivity contribution in [1.29, 1.82) is 0 Å². The Balaban J connectivity index is 2.56. The molecule has 0 aromatic heterocycles. The van der Waals surface area contributed by atoms with Crippen molar-refractivity contribution in [1.82, 2.24) is 10.6 Å². The van der Waals surface area contributed by atoms with Gasteiger partial charge < -0.3 is 24.8 Å². The minimum absolute atomic E-state index is 0.158. The van der Waals surface area contributed by atoms with Gasteiger partial charge in [-0.1, -0.05) is 12.1 Å². The molecule has 0 spiro atoms. The molecule has 1 rings (SSSR count). The van der Waals surface area contributed by atoms with Crippen LogP contribution in [0.5, 0.6) is 5.75 Å². The molecule has 2 amide bonds. The van der Waals surface area contributed by atoms with E-state index in [2.05, 4.69) is 10.1 Å². The highest BCUT2D eigenvalue weighted by Crippen LogP contribution is 2.17. The lowest BCUT2D eigenvalue weighted by molar-refractivity contribution is -0.175. The molecular weight excluding hydrogens is 409 g/mol. The molecule has 11 heteroatoms. The summed E-state index contributed by atoms with van der Waals surface area (Å²) in [6.07, 6.45) is -5.89. The Bertz CT molecular complexity index is 729. The van der Waals surface area contributed by atoms with Gasteiger partial charge in [0.25, 0.3) is 0 Å². The predicted molar refractivity (Wildman–Crippen MR) is 99.9 cm³/mol. The normalized spacial score (nSPS) is 12.5. The number of hydrogen-bond donors (Lipinski definition) is 2. The second kappa shape index (κ2) is 10.7. The van der Waals surface area contributed by atoms with E-state index in [0.29, 0.717) is 11.3 Å². The average Bonchev–Trinajstić information content (AvgIpc) is 2.63. The summed E-state index contributed by atoms with van der Waals surface area (Å²) in [4.78, 5) is 34.3. The van der Waals surface area contributed by atoms with Crippen molar-refractivity contribution < 1.29 is 41.8 Å². The number of carbonyl (C=O) groups excluding carboxylic acids is 3. The molecule has 1 atom stereocenters.